The lowest BCUT2D eigenvalue weighted by molar-refractivity contribution is -0.146. The number of nitrogens with one attached hydrogen (secondary N) is 1. The molecule has 0 aliphatic heterocycles. The first-order chi connectivity index (χ1) is 11.0. The van der Waals surface area contributed by atoms with Crippen LogP contribution in [-0.4, -0.2) is 11.6 Å². The highest BCUT2D eigenvalue weighted by atomic mass is 16.2. The van der Waals surface area contributed by atoms with Crippen LogP contribution in [0.5, 0.6) is 0 Å². The van der Waals surface area contributed by atoms with Gasteiger partial charge >= 0.3 is 0 Å². The standard InChI is InChI=1S/C20H26N2O/c1-13-3-5-18(6-4-13)14(2)21-22-19(23)20-10-15-7-16(11-20)9-17(8-15)12-20/h3-6,15-17H,7-12H2,1-2H3,(H,22,23). The first kappa shape index (κ1) is 14.9. The molecule has 4 saturated carbocycles. The molecular formula is C20H26N2O. The van der Waals surface area contributed by atoms with Gasteiger partial charge < -0.3 is 0 Å². The monoisotopic (exact) mass is 310 g/mol. The Morgan fingerprint density at radius 1 is 1.04 bits per heavy atom. The molecule has 1 aromatic rings. The van der Waals surface area contributed by atoms with Crippen molar-refractivity contribution in [2.24, 2.45) is 28.3 Å². The summed E-state index contributed by atoms with van der Waals surface area (Å²) in [5, 5.41) is 4.40. The first-order valence-corrected chi connectivity index (χ1v) is 8.96. The van der Waals surface area contributed by atoms with Gasteiger partial charge in [0.1, 0.15) is 0 Å². The Kier molecular flexibility index (Phi) is 3.55. The second-order valence-corrected chi connectivity index (χ2v) is 8.20. The Balaban J connectivity index is 1.47. The third kappa shape index (κ3) is 2.71. The molecular weight excluding hydrogens is 284 g/mol. The molecule has 4 aliphatic rings. The molecule has 3 nitrogen and oxygen atoms in total. The number of nitrogens with zero attached hydrogens (tertiary/aromatic N) is 1. The van der Waals surface area contributed by atoms with Gasteiger partial charge in [0.05, 0.1) is 11.1 Å². The normalized spacial score (nSPS) is 35.4. The summed E-state index contributed by atoms with van der Waals surface area (Å²) in [5.41, 5.74) is 5.97. The van der Waals surface area contributed by atoms with E-state index in [1.54, 1.807) is 0 Å². The smallest absolute Gasteiger partial charge is 0.246 e. The van der Waals surface area contributed by atoms with Gasteiger partial charge in [-0.2, -0.15) is 5.10 Å². The maximum absolute atomic E-state index is 12.9. The summed E-state index contributed by atoms with van der Waals surface area (Å²) in [6, 6.07) is 8.28. The lowest BCUT2D eigenvalue weighted by Crippen LogP contribution is -2.52. The van der Waals surface area contributed by atoms with Gasteiger partial charge in [-0.15, -0.1) is 0 Å². The van der Waals surface area contributed by atoms with E-state index in [4.69, 9.17) is 0 Å². The molecule has 5 rings (SSSR count). The van der Waals surface area contributed by atoms with Crippen LogP contribution in [0.3, 0.4) is 0 Å². The summed E-state index contributed by atoms with van der Waals surface area (Å²) in [7, 11) is 0. The van der Waals surface area contributed by atoms with Crippen molar-refractivity contribution in [3.05, 3.63) is 35.4 Å². The summed E-state index contributed by atoms with van der Waals surface area (Å²) >= 11 is 0. The molecule has 0 aromatic heterocycles. The van der Waals surface area contributed by atoms with E-state index >= 15 is 0 Å². The van der Waals surface area contributed by atoms with Crippen molar-refractivity contribution in [1.29, 1.82) is 0 Å². The van der Waals surface area contributed by atoms with Crippen LogP contribution in [0.2, 0.25) is 0 Å². The number of benzene rings is 1. The number of hydrazone groups is 1. The number of aryl methyl sites for hydroxylation is 1. The number of carbonyl (C=O) groups excluding carboxylic acids is 1. The molecule has 0 atom stereocenters. The van der Waals surface area contributed by atoms with Crippen molar-refractivity contribution in [3.8, 4) is 0 Å². The van der Waals surface area contributed by atoms with Crippen molar-refractivity contribution in [3.63, 3.8) is 0 Å². The fraction of sp³-hybridized carbons (Fsp3) is 0.600. The first-order valence-electron chi connectivity index (χ1n) is 8.96. The predicted octanol–water partition coefficient (Wildman–Crippen LogP) is 4.05. The van der Waals surface area contributed by atoms with E-state index in [9.17, 15) is 4.79 Å². The van der Waals surface area contributed by atoms with E-state index < -0.39 is 0 Å². The molecule has 1 aromatic carbocycles. The lowest BCUT2D eigenvalue weighted by atomic mass is 9.49. The van der Waals surface area contributed by atoms with E-state index in [1.165, 1.54) is 24.8 Å². The molecule has 122 valence electrons. The summed E-state index contributed by atoms with van der Waals surface area (Å²) in [4.78, 5) is 12.9. The molecule has 0 unspecified atom stereocenters. The minimum atomic E-state index is -0.119. The van der Waals surface area contributed by atoms with Crippen LogP contribution in [0.1, 0.15) is 56.6 Å². The molecule has 0 saturated heterocycles. The zero-order valence-corrected chi connectivity index (χ0v) is 14.1. The molecule has 0 radical (unpaired) electrons. The summed E-state index contributed by atoms with van der Waals surface area (Å²) in [5.74, 6) is 2.53. The highest BCUT2D eigenvalue weighted by Gasteiger charge is 2.54. The fourth-order valence-corrected chi connectivity index (χ4v) is 5.50. The molecule has 1 N–H and O–H groups in total. The summed E-state index contributed by atoms with van der Waals surface area (Å²) in [6.45, 7) is 4.04. The maximum atomic E-state index is 12.9. The lowest BCUT2D eigenvalue weighted by Gasteiger charge is -2.55. The Hall–Kier alpha value is -1.64. The Morgan fingerprint density at radius 3 is 2.09 bits per heavy atom. The van der Waals surface area contributed by atoms with Gasteiger partial charge in [0.25, 0.3) is 0 Å². The van der Waals surface area contributed by atoms with E-state index in [2.05, 4.69) is 41.7 Å². The number of carbonyl (C=O) groups is 1. The van der Waals surface area contributed by atoms with Crippen molar-refractivity contribution in [2.45, 2.75) is 52.4 Å². The largest absolute Gasteiger partial charge is 0.273 e. The maximum Gasteiger partial charge on any atom is 0.246 e. The van der Waals surface area contributed by atoms with E-state index in [0.717, 1.165) is 48.3 Å². The zero-order valence-electron chi connectivity index (χ0n) is 14.1. The molecule has 4 aliphatic carbocycles. The molecule has 1 amide bonds. The van der Waals surface area contributed by atoms with Gasteiger partial charge in [0.2, 0.25) is 5.91 Å². The number of amides is 1. The second kappa shape index (κ2) is 5.47. The molecule has 23 heavy (non-hydrogen) atoms. The molecule has 4 fully saturated rings. The van der Waals surface area contributed by atoms with Gasteiger partial charge in [-0.05, 0) is 75.7 Å². The molecule has 4 bridgehead atoms. The van der Waals surface area contributed by atoms with Crippen LogP contribution in [-0.2, 0) is 4.79 Å². The number of hydrogen-bond donors (Lipinski definition) is 1. The Morgan fingerprint density at radius 2 is 1.57 bits per heavy atom. The van der Waals surface area contributed by atoms with Gasteiger partial charge in [0, 0.05) is 0 Å². The average molecular weight is 310 g/mol. The van der Waals surface area contributed by atoms with Crippen LogP contribution in [0.15, 0.2) is 29.4 Å². The molecule has 3 heteroatoms. The predicted molar refractivity (Wildman–Crippen MR) is 92.1 cm³/mol. The van der Waals surface area contributed by atoms with E-state index in [-0.39, 0.29) is 11.3 Å². The number of rotatable bonds is 3. The Labute approximate surface area is 138 Å². The average Bonchev–Trinajstić information content (AvgIpc) is 2.51. The van der Waals surface area contributed by atoms with Gasteiger partial charge in [-0.1, -0.05) is 29.8 Å². The van der Waals surface area contributed by atoms with Crippen LogP contribution >= 0.6 is 0 Å². The topological polar surface area (TPSA) is 41.5 Å². The fourth-order valence-electron chi connectivity index (χ4n) is 5.50. The third-order valence-corrected chi connectivity index (χ3v) is 6.31. The molecule has 0 heterocycles. The van der Waals surface area contributed by atoms with Gasteiger partial charge in [-0.25, -0.2) is 5.43 Å². The quantitative estimate of drug-likeness (QED) is 0.664. The highest BCUT2D eigenvalue weighted by Crippen LogP contribution is 2.60. The zero-order chi connectivity index (χ0) is 16.0. The van der Waals surface area contributed by atoms with Crippen molar-refractivity contribution in [2.75, 3.05) is 0 Å². The SMILES string of the molecule is CC(=NNC(=O)C12CC3CC(CC(C3)C1)C2)c1ccc(C)cc1. The van der Waals surface area contributed by atoms with Crippen molar-refractivity contribution < 1.29 is 4.79 Å². The van der Waals surface area contributed by atoms with Crippen LogP contribution in [0, 0.1) is 30.1 Å². The Bertz CT molecular complexity index is 609. The summed E-state index contributed by atoms with van der Waals surface area (Å²) < 4.78 is 0. The molecule has 0 spiro atoms. The third-order valence-electron chi connectivity index (χ3n) is 6.31. The summed E-state index contributed by atoms with van der Waals surface area (Å²) in [6.07, 6.45) is 7.34. The minimum Gasteiger partial charge on any atom is -0.273 e. The van der Waals surface area contributed by atoms with Crippen LogP contribution < -0.4 is 5.43 Å². The minimum absolute atomic E-state index is 0.119. The van der Waals surface area contributed by atoms with E-state index in [1.807, 2.05) is 6.92 Å². The van der Waals surface area contributed by atoms with Crippen molar-refractivity contribution in [1.82, 2.24) is 5.43 Å². The highest BCUT2D eigenvalue weighted by molar-refractivity contribution is 5.99. The van der Waals surface area contributed by atoms with Gasteiger partial charge in [0.15, 0.2) is 0 Å². The second-order valence-electron chi connectivity index (χ2n) is 8.20. The van der Waals surface area contributed by atoms with E-state index in [0.29, 0.717) is 0 Å². The van der Waals surface area contributed by atoms with Crippen molar-refractivity contribution >= 4 is 11.6 Å². The number of hydrogen-bond acceptors (Lipinski definition) is 2. The van der Waals surface area contributed by atoms with Crippen LogP contribution in [0.25, 0.3) is 0 Å². The van der Waals surface area contributed by atoms with Crippen LogP contribution in [0.4, 0.5) is 0 Å². The van der Waals surface area contributed by atoms with Gasteiger partial charge in [-0.3, -0.25) is 4.79 Å².